The zero-order valence-electron chi connectivity index (χ0n) is 5.76. The molecule has 3 nitrogen and oxygen atoms in total. The SMILES string of the molecule is Nc1cc(O)c(C(F)F)nc1Br. The monoisotopic (exact) mass is 238 g/mol. The van der Waals surface area contributed by atoms with E-state index in [2.05, 4.69) is 20.9 Å². The van der Waals surface area contributed by atoms with Gasteiger partial charge in [0.2, 0.25) is 0 Å². The van der Waals surface area contributed by atoms with E-state index in [-0.39, 0.29) is 10.3 Å². The Balaban J connectivity index is 3.23. The molecule has 1 rings (SSSR count). The number of aromatic nitrogens is 1. The van der Waals surface area contributed by atoms with Crippen molar-refractivity contribution in [3.05, 3.63) is 16.4 Å². The number of pyridine rings is 1. The summed E-state index contributed by atoms with van der Waals surface area (Å²) < 4.78 is 24.2. The van der Waals surface area contributed by atoms with Gasteiger partial charge in [-0.1, -0.05) is 0 Å². The van der Waals surface area contributed by atoms with Crippen molar-refractivity contribution in [3.63, 3.8) is 0 Å². The molecule has 0 radical (unpaired) electrons. The highest BCUT2D eigenvalue weighted by atomic mass is 79.9. The fraction of sp³-hybridized carbons (Fsp3) is 0.167. The number of nitrogens with two attached hydrogens (primary N) is 1. The summed E-state index contributed by atoms with van der Waals surface area (Å²) >= 11 is 2.87. The number of rotatable bonds is 1. The average molecular weight is 239 g/mol. The van der Waals surface area contributed by atoms with E-state index in [1.807, 2.05) is 0 Å². The van der Waals surface area contributed by atoms with Crippen molar-refractivity contribution in [2.75, 3.05) is 5.73 Å². The molecule has 66 valence electrons. The summed E-state index contributed by atoms with van der Waals surface area (Å²) in [6, 6.07) is 1.03. The zero-order valence-corrected chi connectivity index (χ0v) is 7.35. The van der Waals surface area contributed by atoms with Crippen LogP contribution in [0.1, 0.15) is 12.1 Å². The van der Waals surface area contributed by atoms with E-state index in [4.69, 9.17) is 10.8 Å². The second-order valence-electron chi connectivity index (χ2n) is 2.07. The molecule has 0 bridgehead atoms. The molecule has 0 amide bonds. The summed E-state index contributed by atoms with van der Waals surface area (Å²) in [5, 5.41) is 8.94. The lowest BCUT2D eigenvalue weighted by atomic mass is 10.3. The molecule has 1 aromatic rings. The summed E-state index contributed by atoms with van der Waals surface area (Å²) in [7, 11) is 0. The number of nitrogens with zero attached hydrogens (tertiary/aromatic N) is 1. The Morgan fingerprint density at radius 1 is 1.58 bits per heavy atom. The van der Waals surface area contributed by atoms with E-state index < -0.39 is 17.9 Å². The van der Waals surface area contributed by atoms with Crippen LogP contribution < -0.4 is 5.73 Å². The largest absolute Gasteiger partial charge is 0.506 e. The van der Waals surface area contributed by atoms with Crippen molar-refractivity contribution in [1.29, 1.82) is 0 Å². The Morgan fingerprint density at radius 2 is 2.17 bits per heavy atom. The molecule has 6 heteroatoms. The maximum atomic E-state index is 12.1. The van der Waals surface area contributed by atoms with Gasteiger partial charge >= 0.3 is 0 Å². The minimum Gasteiger partial charge on any atom is -0.506 e. The molecule has 0 saturated heterocycles. The predicted molar refractivity (Wildman–Crippen MR) is 43.0 cm³/mol. The van der Waals surface area contributed by atoms with Crippen LogP contribution in [0.3, 0.4) is 0 Å². The molecule has 0 aliphatic heterocycles. The summed E-state index contributed by atoms with van der Waals surface area (Å²) in [6.07, 6.45) is -2.80. The van der Waals surface area contributed by atoms with Gasteiger partial charge in [0.15, 0.2) is 0 Å². The number of anilines is 1. The Labute approximate surface area is 75.3 Å². The maximum absolute atomic E-state index is 12.1. The molecule has 0 aromatic carbocycles. The topological polar surface area (TPSA) is 59.1 Å². The highest BCUT2D eigenvalue weighted by molar-refractivity contribution is 9.10. The van der Waals surface area contributed by atoms with Crippen molar-refractivity contribution in [2.24, 2.45) is 0 Å². The van der Waals surface area contributed by atoms with Gasteiger partial charge in [0.05, 0.1) is 5.69 Å². The lowest BCUT2D eigenvalue weighted by Crippen LogP contribution is -1.96. The molecular formula is C6H5BrF2N2O. The van der Waals surface area contributed by atoms with E-state index in [1.54, 1.807) is 0 Å². The van der Waals surface area contributed by atoms with Crippen molar-refractivity contribution >= 4 is 21.6 Å². The minimum absolute atomic E-state index is 0.107. The molecule has 0 unspecified atom stereocenters. The number of hydrogen-bond acceptors (Lipinski definition) is 3. The summed E-state index contributed by atoms with van der Waals surface area (Å²) in [4.78, 5) is 3.36. The zero-order chi connectivity index (χ0) is 9.30. The second kappa shape index (κ2) is 3.22. The van der Waals surface area contributed by atoms with Gasteiger partial charge in [-0.15, -0.1) is 0 Å². The predicted octanol–water partition coefficient (Wildman–Crippen LogP) is 2.07. The Morgan fingerprint density at radius 3 is 2.67 bits per heavy atom. The van der Waals surface area contributed by atoms with Gasteiger partial charge in [-0.3, -0.25) is 0 Å². The molecule has 0 aliphatic carbocycles. The number of aromatic hydroxyl groups is 1. The van der Waals surface area contributed by atoms with Crippen LogP contribution in [0.2, 0.25) is 0 Å². The van der Waals surface area contributed by atoms with Crippen LogP contribution >= 0.6 is 15.9 Å². The van der Waals surface area contributed by atoms with Gasteiger partial charge in [-0.25, -0.2) is 13.8 Å². The third kappa shape index (κ3) is 1.63. The van der Waals surface area contributed by atoms with E-state index >= 15 is 0 Å². The number of alkyl halides is 2. The molecule has 0 spiro atoms. The fourth-order valence-electron chi connectivity index (χ4n) is 0.669. The smallest absolute Gasteiger partial charge is 0.284 e. The van der Waals surface area contributed by atoms with Crippen LogP contribution in [0, 0.1) is 0 Å². The second-order valence-corrected chi connectivity index (χ2v) is 2.82. The average Bonchev–Trinajstić information content (AvgIpc) is 1.96. The van der Waals surface area contributed by atoms with Crippen LogP contribution in [0.5, 0.6) is 5.75 Å². The molecular weight excluding hydrogens is 234 g/mol. The first-order chi connectivity index (χ1) is 5.52. The first-order valence-corrected chi connectivity index (χ1v) is 3.74. The Hall–Kier alpha value is -0.910. The Bertz CT molecular complexity index is 306. The molecule has 0 aliphatic rings. The summed E-state index contributed by atoms with van der Waals surface area (Å²) in [5.41, 5.74) is 4.73. The van der Waals surface area contributed by atoms with Gasteiger partial charge in [-0.05, 0) is 15.9 Å². The Kier molecular flexibility index (Phi) is 2.46. The number of hydrogen-bond donors (Lipinski definition) is 2. The molecule has 12 heavy (non-hydrogen) atoms. The minimum atomic E-state index is -2.80. The third-order valence-electron chi connectivity index (χ3n) is 1.22. The van der Waals surface area contributed by atoms with Gasteiger partial charge in [0.25, 0.3) is 6.43 Å². The van der Waals surface area contributed by atoms with Crippen LogP contribution in [0.4, 0.5) is 14.5 Å². The van der Waals surface area contributed by atoms with Gasteiger partial charge < -0.3 is 10.8 Å². The van der Waals surface area contributed by atoms with Gasteiger partial charge in [-0.2, -0.15) is 0 Å². The number of nitrogen functional groups attached to an aromatic ring is 1. The van der Waals surface area contributed by atoms with Gasteiger partial charge in [0.1, 0.15) is 16.0 Å². The van der Waals surface area contributed by atoms with E-state index in [9.17, 15) is 8.78 Å². The first kappa shape index (κ1) is 9.18. The standard InChI is InChI=1S/C6H5BrF2N2O/c7-5-2(10)1-3(12)4(11-5)6(8)9/h1,6,12H,10H2. The lowest BCUT2D eigenvalue weighted by molar-refractivity contribution is 0.141. The molecule has 3 N–H and O–H groups in total. The van der Waals surface area contributed by atoms with Crippen LogP contribution in [-0.4, -0.2) is 10.1 Å². The van der Waals surface area contributed by atoms with Crippen molar-refractivity contribution in [1.82, 2.24) is 4.98 Å². The third-order valence-corrected chi connectivity index (χ3v) is 1.85. The molecule has 0 fully saturated rings. The van der Waals surface area contributed by atoms with E-state index in [0.29, 0.717) is 0 Å². The highest BCUT2D eigenvalue weighted by Crippen LogP contribution is 2.30. The molecule has 1 aromatic heterocycles. The van der Waals surface area contributed by atoms with Crippen molar-refractivity contribution < 1.29 is 13.9 Å². The summed E-state index contributed by atoms with van der Waals surface area (Å²) in [6.45, 7) is 0. The van der Waals surface area contributed by atoms with E-state index in [0.717, 1.165) is 6.07 Å². The molecule has 0 saturated carbocycles. The lowest BCUT2D eigenvalue weighted by Gasteiger charge is -2.04. The normalized spacial score (nSPS) is 10.7. The van der Waals surface area contributed by atoms with Gasteiger partial charge in [0, 0.05) is 6.07 Å². The summed E-state index contributed by atoms with van der Waals surface area (Å²) in [5.74, 6) is -0.592. The van der Waals surface area contributed by atoms with Crippen molar-refractivity contribution in [2.45, 2.75) is 6.43 Å². The quantitative estimate of drug-likeness (QED) is 0.737. The maximum Gasteiger partial charge on any atom is 0.284 e. The molecule has 0 atom stereocenters. The highest BCUT2D eigenvalue weighted by Gasteiger charge is 2.16. The van der Waals surface area contributed by atoms with Crippen LogP contribution in [-0.2, 0) is 0 Å². The first-order valence-electron chi connectivity index (χ1n) is 2.95. The van der Waals surface area contributed by atoms with Crippen LogP contribution in [0.15, 0.2) is 10.7 Å². The van der Waals surface area contributed by atoms with Crippen LogP contribution in [0.25, 0.3) is 0 Å². The fourth-order valence-corrected chi connectivity index (χ4v) is 0.974. The molecule has 1 heterocycles. The van der Waals surface area contributed by atoms with Crippen molar-refractivity contribution in [3.8, 4) is 5.75 Å². The van der Waals surface area contributed by atoms with E-state index in [1.165, 1.54) is 0 Å². The number of halogens is 3.